The average molecular weight is 267 g/mol. The number of aromatic nitrogens is 1. The molecule has 0 spiro atoms. The number of benzene rings is 1. The van der Waals surface area contributed by atoms with Gasteiger partial charge in [0.15, 0.2) is 5.76 Å². The van der Waals surface area contributed by atoms with Crippen LogP contribution in [-0.4, -0.2) is 19.1 Å². The van der Waals surface area contributed by atoms with Crippen LogP contribution in [0.3, 0.4) is 0 Å². The Hall–Kier alpha value is -1.68. The molecule has 1 aromatic heterocycles. The van der Waals surface area contributed by atoms with Gasteiger partial charge in [0.05, 0.1) is 17.8 Å². The second-order valence-corrected chi connectivity index (χ2v) is 4.39. The van der Waals surface area contributed by atoms with Crippen molar-refractivity contribution in [3.8, 4) is 17.1 Å². The highest BCUT2D eigenvalue weighted by Gasteiger charge is 2.15. The van der Waals surface area contributed by atoms with Crippen molar-refractivity contribution in [2.24, 2.45) is 0 Å². The van der Waals surface area contributed by atoms with Crippen LogP contribution in [0.1, 0.15) is 11.3 Å². The van der Waals surface area contributed by atoms with Gasteiger partial charge in [-0.15, -0.1) is 0 Å². The monoisotopic (exact) mass is 266 g/mol. The average Bonchev–Trinajstić information content (AvgIpc) is 2.73. The minimum absolute atomic E-state index is 0.494. The van der Waals surface area contributed by atoms with E-state index in [-0.39, 0.29) is 0 Å². The number of hydrogen-bond donors (Lipinski definition) is 1. The minimum Gasteiger partial charge on any atom is -0.495 e. The first-order chi connectivity index (χ1) is 8.56. The molecule has 18 heavy (non-hydrogen) atoms. The van der Waals surface area contributed by atoms with E-state index < -0.39 is 0 Å². The van der Waals surface area contributed by atoms with Crippen molar-refractivity contribution in [1.82, 2.24) is 4.98 Å². The largest absolute Gasteiger partial charge is 0.495 e. The number of rotatable bonds is 3. The van der Waals surface area contributed by atoms with Crippen molar-refractivity contribution in [3.05, 3.63) is 28.4 Å². The molecular formula is C13H15ClN2O2. The fraction of sp³-hybridized carbons (Fsp3) is 0.308. The van der Waals surface area contributed by atoms with E-state index in [0.29, 0.717) is 16.8 Å². The lowest BCUT2D eigenvalue weighted by Gasteiger charge is -2.08. The number of aryl methyl sites for hydroxylation is 2. The van der Waals surface area contributed by atoms with Gasteiger partial charge in [-0.25, -0.2) is 0 Å². The van der Waals surface area contributed by atoms with Crippen molar-refractivity contribution in [3.63, 3.8) is 0 Å². The van der Waals surface area contributed by atoms with Crippen LogP contribution in [0, 0.1) is 13.8 Å². The van der Waals surface area contributed by atoms with Gasteiger partial charge in [-0.2, -0.15) is 4.98 Å². The Balaban J connectivity index is 2.56. The Morgan fingerprint density at radius 3 is 2.61 bits per heavy atom. The first kappa shape index (κ1) is 12.8. The number of ether oxygens (including phenoxy) is 1. The molecule has 1 heterocycles. The summed E-state index contributed by atoms with van der Waals surface area (Å²) in [6.07, 6.45) is 0. The molecule has 4 nitrogen and oxygen atoms in total. The van der Waals surface area contributed by atoms with Crippen molar-refractivity contribution in [2.75, 3.05) is 19.5 Å². The molecule has 0 unspecified atom stereocenters. The Labute approximate surface area is 111 Å². The van der Waals surface area contributed by atoms with Gasteiger partial charge in [0, 0.05) is 12.6 Å². The first-order valence-corrected chi connectivity index (χ1v) is 5.94. The maximum Gasteiger partial charge on any atom is 0.295 e. The van der Waals surface area contributed by atoms with E-state index in [1.54, 1.807) is 14.2 Å². The molecule has 2 aromatic rings. The van der Waals surface area contributed by atoms with Crippen LogP contribution in [0.15, 0.2) is 16.5 Å². The number of nitrogens with one attached hydrogen (secondary N) is 1. The lowest BCUT2D eigenvalue weighted by Crippen LogP contribution is -1.89. The Bertz CT molecular complexity index is 579. The van der Waals surface area contributed by atoms with Gasteiger partial charge in [0.25, 0.3) is 6.01 Å². The molecule has 0 aliphatic rings. The highest BCUT2D eigenvalue weighted by molar-refractivity contribution is 6.32. The van der Waals surface area contributed by atoms with Crippen LogP contribution >= 0.6 is 11.6 Å². The second kappa shape index (κ2) is 4.90. The highest BCUT2D eigenvalue weighted by atomic mass is 35.5. The van der Waals surface area contributed by atoms with E-state index in [0.717, 1.165) is 22.6 Å². The fourth-order valence-electron chi connectivity index (χ4n) is 1.81. The van der Waals surface area contributed by atoms with Gasteiger partial charge in [-0.3, -0.25) is 0 Å². The molecule has 0 aliphatic carbocycles. The number of halogens is 1. The summed E-state index contributed by atoms with van der Waals surface area (Å²) < 4.78 is 10.8. The Morgan fingerprint density at radius 1 is 1.33 bits per heavy atom. The summed E-state index contributed by atoms with van der Waals surface area (Å²) in [4.78, 5) is 4.27. The standard InChI is InChI=1S/C13H15ClN2O2/c1-7-5-11(17-4)10(14)6-9(7)12-8(2)16-13(15-3)18-12/h5-6H,1-4H3,(H,15,16). The SMILES string of the molecule is CNc1nc(C)c(-c2cc(Cl)c(OC)cc2C)o1. The highest BCUT2D eigenvalue weighted by Crippen LogP contribution is 2.35. The summed E-state index contributed by atoms with van der Waals surface area (Å²) in [6.45, 7) is 3.88. The molecule has 0 fully saturated rings. The van der Waals surface area contributed by atoms with E-state index >= 15 is 0 Å². The summed E-state index contributed by atoms with van der Waals surface area (Å²) >= 11 is 6.14. The van der Waals surface area contributed by atoms with Gasteiger partial charge in [-0.05, 0) is 31.5 Å². The number of anilines is 1. The molecule has 2 rings (SSSR count). The van der Waals surface area contributed by atoms with E-state index in [2.05, 4.69) is 10.3 Å². The smallest absolute Gasteiger partial charge is 0.295 e. The summed E-state index contributed by atoms with van der Waals surface area (Å²) in [5.74, 6) is 1.38. The van der Waals surface area contributed by atoms with E-state index in [9.17, 15) is 0 Å². The number of hydrogen-bond acceptors (Lipinski definition) is 4. The van der Waals surface area contributed by atoms with E-state index in [1.165, 1.54) is 0 Å². The molecule has 0 saturated heterocycles. The fourth-order valence-corrected chi connectivity index (χ4v) is 2.05. The molecule has 1 aromatic carbocycles. The number of methoxy groups -OCH3 is 1. The number of nitrogens with zero attached hydrogens (tertiary/aromatic N) is 1. The van der Waals surface area contributed by atoms with Crippen LogP contribution in [-0.2, 0) is 0 Å². The summed E-state index contributed by atoms with van der Waals surface area (Å²) in [7, 11) is 3.36. The van der Waals surface area contributed by atoms with Gasteiger partial charge >= 0.3 is 0 Å². The van der Waals surface area contributed by atoms with Crippen LogP contribution in [0.2, 0.25) is 5.02 Å². The zero-order chi connectivity index (χ0) is 13.3. The molecule has 1 N–H and O–H groups in total. The quantitative estimate of drug-likeness (QED) is 0.921. The van der Waals surface area contributed by atoms with Crippen molar-refractivity contribution in [1.29, 1.82) is 0 Å². The van der Waals surface area contributed by atoms with Crippen LogP contribution in [0.5, 0.6) is 5.75 Å². The predicted octanol–water partition coefficient (Wildman–Crippen LogP) is 3.66. The summed E-state index contributed by atoms with van der Waals surface area (Å²) in [6, 6.07) is 4.22. The first-order valence-electron chi connectivity index (χ1n) is 5.56. The Morgan fingerprint density at radius 2 is 2.06 bits per heavy atom. The van der Waals surface area contributed by atoms with E-state index in [1.807, 2.05) is 26.0 Å². The Kier molecular flexibility index (Phi) is 3.48. The molecule has 5 heteroatoms. The lowest BCUT2D eigenvalue weighted by atomic mass is 10.1. The zero-order valence-electron chi connectivity index (χ0n) is 10.8. The van der Waals surface area contributed by atoms with Gasteiger partial charge in [0.1, 0.15) is 5.75 Å². The molecule has 0 saturated carbocycles. The maximum atomic E-state index is 6.14. The minimum atomic E-state index is 0.494. The third-order valence-corrected chi connectivity index (χ3v) is 3.05. The van der Waals surface area contributed by atoms with Gasteiger partial charge in [-0.1, -0.05) is 11.6 Å². The lowest BCUT2D eigenvalue weighted by molar-refractivity contribution is 0.414. The van der Waals surface area contributed by atoms with Crippen LogP contribution < -0.4 is 10.1 Å². The summed E-state index contributed by atoms with van der Waals surface area (Å²) in [5, 5.41) is 3.43. The predicted molar refractivity (Wildman–Crippen MR) is 72.5 cm³/mol. The maximum absolute atomic E-state index is 6.14. The molecule has 0 bridgehead atoms. The molecule has 0 aliphatic heterocycles. The molecule has 96 valence electrons. The molecular weight excluding hydrogens is 252 g/mol. The van der Waals surface area contributed by atoms with Crippen LogP contribution in [0.4, 0.5) is 6.01 Å². The van der Waals surface area contributed by atoms with Gasteiger partial charge < -0.3 is 14.5 Å². The normalized spacial score (nSPS) is 10.5. The molecule has 0 atom stereocenters. The number of oxazole rings is 1. The molecule has 0 amide bonds. The van der Waals surface area contributed by atoms with Gasteiger partial charge in [0.2, 0.25) is 0 Å². The zero-order valence-corrected chi connectivity index (χ0v) is 11.6. The van der Waals surface area contributed by atoms with Crippen molar-refractivity contribution in [2.45, 2.75) is 13.8 Å². The second-order valence-electron chi connectivity index (χ2n) is 3.99. The van der Waals surface area contributed by atoms with Crippen molar-refractivity contribution < 1.29 is 9.15 Å². The third kappa shape index (κ3) is 2.16. The van der Waals surface area contributed by atoms with E-state index in [4.69, 9.17) is 20.8 Å². The topological polar surface area (TPSA) is 47.3 Å². The van der Waals surface area contributed by atoms with Crippen molar-refractivity contribution >= 4 is 17.6 Å². The summed E-state index contributed by atoms with van der Waals surface area (Å²) in [5.41, 5.74) is 2.77. The van der Waals surface area contributed by atoms with Crippen LogP contribution in [0.25, 0.3) is 11.3 Å². The molecule has 0 radical (unpaired) electrons. The third-order valence-electron chi connectivity index (χ3n) is 2.75.